The summed E-state index contributed by atoms with van der Waals surface area (Å²) in [5, 5.41) is 12.8. The number of halogens is 1. The highest BCUT2D eigenvalue weighted by atomic mass is 19.1. The summed E-state index contributed by atoms with van der Waals surface area (Å²) in [5.41, 5.74) is -1.46. The van der Waals surface area contributed by atoms with Gasteiger partial charge in [-0.15, -0.1) is 0 Å². The maximum atomic E-state index is 13.2. The molecule has 2 amide bonds. The number of hydrogen-bond donors (Lipinski definition) is 3. The lowest BCUT2D eigenvalue weighted by Gasteiger charge is -2.43. The first kappa shape index (κ1) is 23.1. The first-order valence-corrected chi connectivity index (χ1v) is 10.9. The molecule has 1 aromatic carbocycles. The minimum absolute atomic E-state index is 0.0456. The molecule has 3 N–H and O–H groups in total. The fourth-order valence-electron chi connectivity index (χ4n) is 4.07. The molecule has 0 spiro atoms. The van der Waals surface area contributed by atoms with Crippen molar-refractivity contribution < 1.29 is 19.1 Å². The number of nitrogens with one attached hydrogen (secondary N) is 2. The minimum atomic E-state index is -1.02. The molecule has 3 heterocycles. The highest BCUT2D eigenvalue weighted by molar-refractivity contribution is 5.95. The molecule has 1 aliphatic rings. The molecule has 2 aromatic heterocycles. The fourth-order valence-corrected chi connectivity index (χ4v) is 4.07. The second-order valence-electron chi connectivity index (χ2n) is 8.32. The van der Waals surface area contributed by atoms with Gasteiger partial charge in [0, 0.05) is 19.3 Å². The predicted molar refractivity (Wildman–Crippen MR) is 121 cm³/mol. The summed E-state index contributed by atoms with van der Waals surface area (Å²) >= 11 is 0. The number of pyridine rings is 1. The van der Waals surface area contributed by atoms with Crippen molar-refractivity contribution in [2.75, 3.05) is 6.54 Å². The molecule has 34 heavy (non-hydrogen) atoms. The summed E-state index contributed by atoms with van der Waals surface area (Å²) in [7, 11) is 0. The van der Waals surface area contributed by atoms with Gasteiger partial charge in [0.25, 0.3) is 17.4 Å². The topological polar surface area (TPSA) is 128 Å². The van der Waals surface area contributed by atoms with E-state index in [-0.39, 0.29) is 24.0 Å². The Balaban J connectivity index is 1.65. The fraction of sp³-hybridized carbons (Fsp3) is 0.292. The Labute approximate surface area is 194 Å². The number of likely N-dealkylation sites (tertiary alicyclic amines) is 1. The number of carbonyl (C=O) groups excluding carboxylic acids is 2. The van der Waals surface area contributed by atoms with Gasteiger partial charge in [0.05, 0.1) is 5.54 Å². The molecule has 9 nitrogen and oxygen atoms in total. The monoisotopic (exact) mass is 465 g/mol. The molecule has 4 rings (SSSR count). The van der Waals surface area contributed by atoms with Crippen molar-refractivity contribution in [2.24, 2.45) is 0 Å². The Morgan fingerprint density at radius 2 is 1.97 bits per heavy atom. The van der Waals surface area contributed by atoms with E-state index in [0.717, 1.165) is 12.8 Å². The number of aromatic amines is 1. The van der Waals surface area contributed by atoms with E-state index in [2.05, 4.69) is 20.3 Å². The van der Waals surface area contributed by atoms with E-state index in [1.165, 1.54) is 30.5 Å². The van der Waals surface area contributed by atoms with Gasteiger partial charge in [0.1, 0.15) is 17.3 Å². The number of nitrogens with zero attached hydrogens (tertiary/aromatic N) is 3. The van der Waals surface area contributed by atoms with Gasteiger partial charge in [0.15, 0.2) is 5.69 Å². The van der Waals surface area contributed by atoms with Crippen LogP contribution in [0.3, 0.4) is 0 Å². The smallest absolute Gasteiger partial charge is 0.294 e. The van der Waals surface area contributed by atoms with Crippen LogP contribution in [0.5, 0.6) is 5.75 Å². The molecule has 1 aliphatic heterocycles. The third-order valence-corrected chi connectivity index (χ3v) is 6.01. The molecule has 0 saturated carbocycles. The van der Waals surface area contributed by atoms with Crippen LogP contribution in [0.15, 0.2) is 53.5 Å². The molecule has 0 bridgehead atoms. The second-order valence-corrected chi connectivity index (χ2v) is 8.32. The van der Waals surface area contributed by atoms with Crippen LogP contribution in [0.1, 0.15) is 58.6 Å². The Morgan fingerprint density at radius 1 is 1.21 bits per heavy atom. The van der Waals surface area contributed by atoms with Gasteiger partial charge in [-0.05, 0) is 56.0 Å². The molecule has 3 aromatic rings. The van der Waals surface area contributed by atoms with Crippen LogP contribution in [0.2, 0.25) is 0 Å². The van der Waals surface area contributed by atoms with Gasteiger partial charge >= 0.3 is 0 Å². The number of benzene rings is 1. The van der Waals surface area contributed by atoms with Crippen LogP contribution in [0.4, 0.5) is 4.39 Å². The number of hydrogen-bond acceptors (Lipinski definition) is 6. The van der Waals surface area contributed by atoms with Crippen molar-refractivity contribution in [1.29, 1.82) is 0 Å². The van der Waals surface area contributed by atoms with Crippen molar-refractivity contribution >= 4 is 11.8 Å². The Hall–Kier alpha value is -4.08. The molecule has 0 radical (unpaired) electrons. The number of aromatic nitrogens is 3. The lowest BCUT2D eigenvalue weighted by atomic mass is 9.87. The van der Waals surface area contributed by atoms with Crippen LogP contribution < -0.4 is 10.9 Å². The number of H-pyrrole nitrogens is 1. The number of amides is 2. The zero-order chi connectivity index (χ0) is 24.3. The van der Waals surface area contributed by atoms with Gasteiger partial charge in [-0.1, -0.05) is 18.2 Å². The largest absolute Gasteiger partial charge is 0.501 e. The maximum Gasteiger partial charge on any atom is 0.294 e. The summed E-state index contributed by atoms with van der Waals surface area (Å²) < 4.78 is 13.1. The number of aromatic hydroxyl groups is 1. The summed E-state index contributed by atoms with van der Waals surface area (Å²) in [4.78, 5) is 51.1. The molecule has 1 unspecified atom stereocenters. The van der Waals surface area contributed by atoms with E-state index in [9.17, 15) is 23.9 Å². The van der Waals surface area contributed by atoms with E-state index >= 15 is 0 Å². The molecule has 1 atom stereocenters. The van der Waals surface area contributed by atoms with Gasteiger partial charge in [-0.25, -0.2) is 9.37 Å². The van der Waals surface area contributed by atoms with E-state index in [1.54, 1.807) is 30.0 Å². The first-order chi connectivity index (χ1) is 16.3. The average Bonchev–Trinajstić information content (AvgIpc) is 2.85. The molecule has 1 saturated heterocycles. The van der Waals surface area contributed by atoms with E-state index < -0.39 is 34.3 Å². The summed E-state index contributed by atoms with van der Waals surface area (Å²) in [6.45, 7) is 2.23. The normalized spacial score (nSPS) is 17.9. The van der Waals surface area contributed by atoms with E-state index in [4.69, 9.17) is 0 Å². The van der Waals surface area contributed by atoms with Gasteiger partial charge in [-0.3, -0.25) is 19.4 Å². The quantitative estimate of drug-likeness (QED) is 0.531. The lowest BCUT2D eigenvalue weighted by molar-refractivity contribution is 0.0325. The van der Waals surface area contributed by atoms with Crippen molar-refractivity contribution in [3.8, 4) is 5.75 Å². The first-order valence-electron chi connectivity index (χ1n) is 10.9. The van der Waals surface area contributed by atoms with Crippen LogP contribution in [0, 0.1) is 5.82 Å². The lowest BCUT2D eigenvalue weighted by Crippen LogP contribution is -2.52. The van der Waals surface area contributed by atoms with Crippen molar-refractivity contribution in [1.82, 2.24) is 25.2 Å². The van der Waals surface area contributed by atoms with E-state index in [1.807, 2.05) is 0 Å². The minimum Gasteiger partial charge on any atom is -0.501 e. The Kier molecular flexibility index (Phi) is 6.40. The summed E-state index contributed by atoms with van der Waals surface area (Å²) in [5.74, 6) is -2.20. The Bertz CT molecular complexity index is 1260. The predicted octanol–water partition coefficient (Wildman–Crippen LogP) is 2.48. The molecular formula is C24H24FN5O4. The van der Waals surface area contributed by atoms with Crippen molar-refractivity contribution in [3.63, 3.8) is 0 Å². The van der Waals surface area contributed by atoms with Crippen LogP contribution in [0.25, 0.3) is 0 Å². The van der Waals surface area contributed by atoms with Gasteiger partial charge < -0.3 is 20.3 Å². The van der Waals surface area contributed by atoms with Crippen molar-refractivity contribution in [3.05, 3.63) is 87.6 Å². The highest BCUT2D eigenvalue weighted by Crippen LogP contribution is 2.36. The van der Waals surface area contributed by atoms with Gasteiger partial charge in [-0.2, -0.15) is 0 Å². The molecular weight excluding hydrogens is 441 g/mol. The number of piperidine rings is 1. The molecule has 176 valence electrons. The van der Waals surface area contributed by atoms with E-state index in [0.29, 0.717) is 18.5 Å². The molecule has 10 heteroatoms. The number of carbonyl (C=O) groups is 2. The zero-order valence-electron chi connectivity index (χ0n) is 18.5. The van der Waals surface area contributed by atoms with Crippen LogP contribution >= 0.6 is 0 Å². The standard InChI is InChI=1S/C24H24FN5O4/c1-24(11-3-5-13-30(24)22(34)17-6-2-4-12-26-17)23-28-18(19(31)21(33)29-23)20(32)27-14-15-7-9-16(25)10-8-15/h2,4,6-10,12,31H,3,5,11,13-14H2,1H3,(H,27,32)(H,28,29,33). The molecule has 1 fully saturated rings. The van der Waals surface area contributed by atoms with Crippen LogP contribution in [-0.2, 0) is 12.1 Å². The van der Waals surface area contributed by atoms with Gasteiger partial charge in [0.2, 0.25) is 5.75 Å². The Morgan fingerprint density at radius 3 is 2.68 bits per heavy atom. The summed E-state index contributed by atoms with van der Waals surface area (Å²) in [6.07, 6.45) is 3.56. The third kappa shape index (κ3) is 4.52. The van der Waals surface area contributed by atoms with Crippen LogP contribution in [-0.4, -0.2) is 43.3 Å². The average molecular weight is 465 g/mol. The third-order valence-electron chi connectivity index (χ3n) is 6.01. The van der Waals surface area contributed by atoms with Crippen molar-refractivity contribution in [2.45, 2.75) is 38.3 Å². The SMILES string of the molecule is CC1(c2nc(C(=O)NCc3ccc(F)cc3)c(O)c(=O)[nH]2)CCCCN1C(=O)c1ccccn1. The number of rotatable bonds is 5. The highest BCUT2D eigenvalue weighted by Gasteiger charge is 2.42. The second kappa shape index (κ2) is 9.42. The maximum absolute atomic E-state index is 13.2. The summed E-state index contributed by atoms with van der Waals surface area (Å²) in [6, 6.07) is 10.6. The molecule has 0 aliphatic carbocycles. The zero-order valence-corrected chi connectivity index (χ0v) is 18.5.